The summed E-state index contributed by atoms with van der Waals surface area (Å²) in [6.45, 7) is 2.75. The molecule has 0 amide bonds. The molecule has 118 valence electrons. The van der Waals surface area contributed by atoms with Crippen LogP contribution in [0.5, 0.6) is 5.75 Å². The lowest BCUT2D eigenvalue weighted by atomic mass is 10.1. The van der Waals surface area contributed by atoms with E-state index in [4.69, 9.17) is 4.74 Å². The predicted octanol–water partition coefficient (Wildman–Crippen LogP) is 2.12. The fourth-order valence-corrected chi connectivity index (χ4v) is 3.11. The zero-order chi connectivity index (χ0) is 15.5. The van der Waals surface area contributed by atoms with Gasteiger partial charge in [-0.25, -0.2) is 4.98 Å². The van der Waals surface area contributed by atoms with Gasteiger partial charge in [0, 0.05) is 18.3 Å². The van der Waals surface area contributed by atoms with Gasteiger partial charge in [0.25, 0.3) is 0 Å². The molecular formula is C17H23N3O2. The Morgan fingerprint density at radius 2 is 2.09 bits per heavy atom. The lowest BCUT2D eigenvalue weighted by molar-refractivity contribution is 0.0149. The number of nitrogens with zero attached hydrogens (tertiary/aromatic N) is 2. The molecule has 0 spiro atoms. The van der Waals surface area contributed by atoms with Crippen LogP contribution in [0.15, 0.2) is 36.7 Å². The Kier molecular flexibility index (Phi) is 4.45. The number of nitrogens with one attached hydrogen (secondary N) is 1. The Morgan fingerprint density at radius 1 is 1.32 bits per heavy atom. The molecule has 2 aromatic rings. The van der Waals surface area contributed by atoms with Gasteiger partial charge in [0.1, 0.15) is 18.0 Å². The first kappa shape index (κ1) is 15.1. The summed E-state index contributed by atoms with van der Waals surface area (Å²) in [5, 5.41) is 10.6. The second-order valence-electron chi connectivity index (χ2n) is 5.99. The van der Waals surface area contributed by atoms with Gasteiger partial charge in [0.15, 0.2) is 0 Å². The van der Waals surface area contributed by atoms with Gasteiger partial charge in [-0.15, -0.1) is 0 Å². The Morgan fingerprint density at radius 3 is 2.77 bits per heavy atom. The van der Waals surface area contributed by atoms with E-state index in [-0.39, 0.29) is 12.1 Å². The van der Waals surface area contributed by atoms with Crippen LogP contribution in [0.25, 0.3) is 0 Å². The number of imidazole rings is 1. The van der Waals surface area contributed by atoms with Crippen molar-refractivity contribution in [3.05, 3.63) is 48.0 Å². The largest absolute Gasteiger partial charge is 0.488 e. The average molecular weight is 301 g/mol. The molecule has 22 heavy (non-hydrogen) atoms. The number of H-pyrrole nitrogens is 1. The van der Waals surface area contributed by atoms with E-state index >= 15 is 0 Å². The fourth-order valence-electron chi connectivity index (χ4n) is 3.11. The molecule has 3 atom stereocenters. The van der Waals surface area contributed by atoms with Crippen LogP contribution in [0.3, 0.4) is 0 Å². The van der Waals surface area contributed by atoms with Crippen LogP contribution in [-0.4, -0.2) is 45.3 Å². The molecule has 5 nitrogen and oxygen atoms in total. The number of hydrogen-bond donors (Lipinski definition) is 2. The number of likely N-dealkylation sites (N-methyl/N-ethyl adjacent to an activating group) is 1. The number of aryl methyl sites for hydroxylation is 1. The molecule has 0 unspecified atom stereocenters. The van der Waals surface area contributed by atoms with Gasteiger partial charge >= 0.3 is 0 Å². The van der Waals surface area contributed by atoms with Crippen LogP contribution >= 0.6 is 0 Å². The molecule has 0 radical (unpaired) electrons. The van der Waals surface area contributed by atoms with E-state index in [1.165, 1.54) is 0 Å². The van der Waals surface area contributed by atoms with E-state index in [0.29, 0.717) is 0 Å². The van der Waals surface area contributed by atoms with E-state index in [9.17, 15) is 5.11 Å². The molecule has 5 heteroatoms. The molecule has 1 aliphatic carbocycles. The number of aliphatic hydroxyl groups is 1. The van der Waals surface area contributed by atoms with Gasteiger partial charge in [-0.2, -0.15) is 0 Å². The van der Waals surface area contributed by atoms with Crippen molar-refractivity contribution >= 4 is 0 Å². The third-order valence-corrected chi connectivity index (χ3v) is 4.45. The molecule has 0 aliphatic heterocycles. The summed E-state index contributed by atoms with van der Waals surface area (Å²) in [5.41, 5.74) is 2.11. The highest BCUT2D eigenvalue weighted by Crippen LogP contribution is 2.28. The Hall–Kier alpha value is -1.85. The zero-order valence-electron chi connectivity index (χ0n) is 13.1. The fraction of sp³-hybridized carbons (Fsp3) is 0.471. The summed E-state index contributed by atoms with van der Waals surface area (Å²) >= 11 is 0. The van der Waals surface area contributed by atoms with Gasteiger partial charge < -0.3 is 14.8 Å². The van der Waals surface area contributed by atoms with Crippen molar-refractivity contribution in [3.63, 3.8) is 0 Å². The molecule has 1 saturated carbocycles. The normalized spacial score (nSPS) is 24.8. The summed E-state index contributed by atoms with van der Waals surface area (Å²) in [5.74, 6) is 0.818. The minimum atomic E-state index is -0.482. The average Bonchev–Trinajstić information content (AvgIpc) is 3.08. The maximum atomic E-state index is 10.6. The van der Waals surface area contributed by atoms with Crippen molar-refractivity contribution in [2.24, 2.45) is 0 Å². The van der Waals surface area contributed by atoms with Gasteiger partial charge in [0.05, 0.1) is 12.0 Å². The maximum absolute atomic E-state index is 10.6. The third-order valence-electron chi connectivity index (χ3n) is 4.45. The molecule has 1 fully saturated rings. The number of aliphatic hydroxyl groups excluding tert-OH is 1. The van der Waals surface area contributed by atoms with Crippen LogP contribution < -0.4 is 4.74 Å². The zero-order valence-corrected chi connectivity index (χ0v) is 13.1. The highest BCUT2D eigenvalue weighted by atomic mass is 16.5. The number of rotatable bonds is 5. The number of benzene rings is 1. The van der Waals surface area contributed by atoms with Crippen LogP contribution in [0.4, 0.5) is 0 Å². The summed E-state index contributed by atoms with van der Waals surface area (Å²) in [4.78, 5) is 9.59. The van der Waals surface area contributed by atoms with Crippen molar-refractivity contribution < 1.29 is 9.84 Å². The molecular weight excluding hydrogens is 278 g/mol. The Bertz CT molecular complexity index is 599. The Labute approximate surface area is 130 Å². The highest BCUT2D eigenvalue weighted by Gasteiger charge is 2.38. The van der Waals surface area contributed by atoms with Gasteiger partial charge in [0.2, 0.25) is 0 Å². The van der Waals surface area contributed by atoms with Gasteiger partial charge in [-0.1, -0.05) is 18.2 Å². The van der Waals surface area contributed by atoms with Crippen LogP contribution in [0.1, 0.15) is 24.2 Å². The number of aromatic amines is 1. The molecule has 0 saturated heterocycles. The number of aromatic nitrogens is 2. The van der Waals surface area contributed by atoms with Gasteiger partial charge in [-0.3, -0.25) is 4.90 Å². The smallest absolute Gasteiger partial charge is 0.126 e. The van der Waals surface area contributed by atoms with Crippen LogP contribution in [-0.2, 0) is 6.54 Å². The first-order valence-corrected chi connectivity index (χ1v) is 7.74. The topological polar surface area (TPSA) is 61.4 Å². The molecule has 1 aromatic carbocycles. The minimum Gasteiger partial charge on any atom is -0.488 e. The monoisotopic (exact) mass is 301 g/mol. The van der Waals surface area contributed by atoms with E-state index in [2.05, 4.69) is 14.9 Å². The second kappa shape index (κ2) is 6.50. The number of ether oxygens (including phenoxy) is 1. The molecule has 0 bridgehead atoms. The maximum Gasteiger partial charge on any atom is 0.126 e. The summed E-state index contributed by atoms with van der Waals surface area (Å²) in [7, 11) is 2.03. The highest BCUT2D eigenvalue weighted by molar-refractivity contribution is 5.21. The van der Waals surface area contributed by atoms with E-state index in [1.54, 1.807) is 6.33 Å². The third kappa shape index (κ3) is 3.15. The number of hydrogen-bond acceptors (Lipinski definition) is 4. The second-order valence-corrected chi connectivity index (χ2v) is 5.99. The summed E-state index contributed by atoms with van der Waals surface area (Å²) in [6, 6.07) is 9.81. The number of para-hydroxylation sites is 1. The molecule has 2 N–H and O–H groups in total. The first-order valence-electron chi connectivity index (χ1n) is 7.74. The summed E-state index contributed by atoms with van der Waals surface area (Å²) in [6.07, 6.45) is 2.88. The minimum absolute atomic E-state index is 0.102. The standard InChI is InChI=1S/C17H23N3O2/c1-12-14(19-11-18-12)10-20(2)15-8-9-16(17(15)21)22-13-6-4-3-5-7-13/h3-7,11,15-17,21H,8-10H2,1-2H3,(H,18,19)/t15-,16+,17+/m1/s1. The van der Waals surface area contributed by atoms with Crippen LogP contribution in [0.2, 0.25) is 0 Å². The van der Waals surface area contributed by atoms with E-state index in [0.717, 1.165) is 36.5 Å². The van der Waals surface area contributed by atoms with E-state index < -0.39 is 6.10 Å². The predicted molar refractivity (Wildman–Crippen MR) is 84.7 cm³/mol. The van der Waals surface area contributed by atoms with Crippen molar-refractivity contribution in [3.8, 4) is 5.75 Å². The lowest BCUT2D eigenvalue weighted by Crippen LogP contribution is -2.42. The first-order chi connectivity index (χ1) is 10.6. The lowest BCUT2D eigenvalue weighted by Gasteiger charge is -2.28. The van der Waals surface area contributed by atoms with Crippen LogP contribution in [0, 0.1) is 6.92 Å². The van der Waals surface area contributed by atoms with Crippen molar-refractivity contribution in [2.75, 3.05) is 7.05 Å². The molecule has 1 aromatic heterocycles. The van der Waals surface area contributed by atoms with Crippen molar-refractivity contribution in [1.82, 2.24) is 14.9 Å². The quantitative estimate of drug-likeness (QED) is 0.888. The van der Waals surface area contributed by atoms with Gasteiger partial charge in [-0.05, 0) is 38.9 Å². The molecule has 3 rings (SSSR count). The van der Waals surface area contributed by atoms with E-state index in [1.807, 2.05) is 44.3 Å². The molecule has 1 heterocycles. The van der Waals surface area contributed by atoms with Crippen molar-refractivity contribution in [1.29, 1.82) is 0 Å². The SMILES string of the molecule is Cc1[nH]cnc1CN(C)[C@@H]1CC[C@H](Oc2ccccc2)[C@H]1O. The Balaban J connectivity index is 1.60. The summed E-state index contributed by atoms with van der Waals surface area (Å²) < 4.78 is 5.93. The molecule has 1 aliphatic rings. The van der Waals surface area contributed by atoms with Crippen molar-refractivity contribution in [2.45, 2.75) is 44.6 Å².